The lowest BCUT2D eigenvalue weighted by atomic mass is 10.3. The molecule has 116 valence electrons. The maximum absolute atomic E-state index is 12.1. The molecule has 0 spiro atoms. The molecule has 0 aliphatic heterocycles. The van der Waals surface area contributed by atoms with Gasteiger partial charge in [0, 0.05) is 36.0 Å². The largest absolute Gasteiger partial charge is 0.415 e. The van der Waals surface area contributed by atoms with Crippen LogP contribution in [0.5, 0.6) is 5.75 Å². The third kappa shape index (κ3) is 6.18. The Bertz CT molecular complexity index is 481. The number of carbonyl (C=O) groups is 1. The first-order chi connectivity index (χ1) is 9.79. The molecule has 2 atom stereocenters. The quantitative estimate of drug-likeness (QED) is 0.452. The van der Waals surface area contributed by atoms with Crippen LogP contribution in [-0.4, -0.2) is 39.8 Å². The van der Waals surface area contributed by atoms with Crippen LogP contribution >= 0.6 is 23.2 Å². The Balaban J connectivity index is 2.73. The number of nitro groups is 1. The minimum Gasteiger partial charge on any atom is -0.410 e. The summed E-state index contributed by atoms with van der Waals surface area (Å²) in [6.07, 6.45) is -0.594. The summed E-state index contributed by atoms with van der Waals surface area (Å²) in [5, 5.41) is 10.1. The van der Waals surface area contributed by atoms with Gasteiger partial charge >= 0.3 is 6.09 Å². The van der Waals surface area contributed by atoms with Gasteiger partial charge in [-0.05, 0) is 26.0 Å². The summed E-state index contributed by atoms with van der Waals surface area (Å²) in [4.78, 5) is 23.5. The number of benzene rings is 1. The molecule has 1 amide bonds. The smallest absolute Gasteiger partial charge is 0.410 e. The van der Waals surface area contributed by atoms with Crippen LogP contribution in [0.2, 0.25) is 0 Å². The Morgan fingerprint density at radius 2 is 1.71 bits per heavy atom. The average Bonchev–Trinajstić information content (AvgIpc) is 2.37. The Morgan fingerprint density at radius 1 is 1.24 bits per heavy atom. The third-order valence-corrected chi connectivity index (χ3v) is 2.73. The van der Waals surface area contributed by atoms with Gasteiger partial charge in [-0.3, -0.25) is 10.1 Å². The first-order valence-electron chi connectivity index (χ1n) is 6.29. The van der Waals surface area contributed by atoms with E-state index in [1.165, 1.54) is 29.2 Å². The molecular formula is C13H16Cl2N2O4. The summed E-state index contributed by atoms with van der Waals surface area (Å²) in [6.45, 7) is 4.11. The summed E-state index contributed by atoms with van der Waals surface area (Å²) in [6, 6.07) is 5.26. The van der Waals surface area contributed by atoms with Crippen molar-refractivity contribution >= 4 is 35.0 Å². The van der Waals surface area contributed by atoms with Crippen LogP contribution in [0.15, 0.2) is 24.3 Å². The van der Waals surface area contributed by atoms with Crippen molar-refractivity contribution in [2.45, 2.75) is 24.6 Å². The molecule has 1 aromatic carbocycles. The topological polar surface area (TPSA) is 72.7 Å². The second kappa shape index (κ2) is 8.05. The number of alkyl halides is 2. The lowest BCUT2D eigenvalue weighted by Gasteiger charge is -2.24. The van der Waals surface area contributed by atoms with Crippen molar-refractivity contribution in [3.05, 3.63) is 34.4 Å². The summed E-state index contributed by atoms with van der Waals surface area (Å²) >= 11 is 11.8. The molecule has 0 aliphatic rings. The Morgan fingerprint density at radius 3 is 2.10 bits per heavy atom. The van der Waals surface area contributed by atoms with Crippen LogP contribution in [0.1, 0.15) is 13.8 Å². The monoisotopic (exact) mass is 334 g/mol. The number of hydrogen-bond donors (Lipinski definition) is 0. The molecule has 1 rings (SSSR count). The van der Waals surface area contributed by atoms with Gasteiger partial charge in [0.2, 0.25) is 0 Å². The maximum Gasteiger partial charge on any atom is 0.415 e. The molecule has 1 aromatic rings. The van der Waals surface area contributed by atoms with Crippen molar-refractivity contribution in [2.75, 3.05) is 13.1 Å². The molecule has 0 N–H and O–H groups in total. The van der Waals surface area contributed by atoms with E-state index in [0.717, 1.165) is 0 Å². The minimum atomic E-state index is -0.594. The predicted molar refractivity (Wildman–Crippen MR) is 81.3 cm³/mol. The Labute approximate surface area is 132 Å². The number of amides is 1. The van der Waals surface area contributed by atoms with Crippen LogP contribution in [-0.2, 0) is 0 Å². The number of rotatable bonds is 6. The van der Waals surface area contributed by atoms with Crippen LogP contribution in [0.4, 0.5) is 10.5 Å². The summed E-state index contributed by atoms with van der Waals surface area (Å²) < 4.78 is 5.16. The summed E-state index contributed by atoms with van der Waals surface area (Å²) in [7, 11) is 0. The van der Waals surface area contributed by atoms with Gasteiger partial charge < -0.3 is 9.64 Å². The van der Waals surface area contributed by atoms with Gasteiger partial charge in [-0.2, -0.15) is 0 Å². The molecule has 0 aromatic heterocycles. The van der Waals surface area contributed by atoms with Crippen LogP contribution in [0.3, 0.4) is 0 Å². The molecule has 21 heavy (non-hydrogen) atoms. The van der Waals surface area contributed by atoms with Crippen LogP contribution in [0, 0.1) is 10.1 Å². The lowest BCUT2D eigenvalue weighted by molar-refractivity contribution is -0.384. The van der Waals surface area contributed by atoms with Crippen molar-refractivity contribution in [3.63, 3.8) is 0 Å². The van der Waals surface area contributed by atoms with Crippen LogP contribution < -0.4 is 4.74 Å². The zero-order valence-electron chi connectivity index (χ0n) is 11.7. The van der Waals surface area contributed by atoms with Crippen molar-refractivity contribution in [1.82, 2.24) is 4.90 Å². The van der Waals surface area contributed by atoms with E-state index in [1.54, 1.807) is 13.8 Å². The fraction of sp³-hybridized carbons (Fsp3) is 0.462. The zero-order chi connectivity index (χ0) is 16.0. The van der Waals surface area contributed by atoms with Gasteiger partial charge in [-0.25, -0.2) is 4.79 Å². The zero-order valence-corrected chi connectivity index (χ0v) is 13.2. The fourth-order valence-electron chi connectivity index (χ4n) is 1.63. The maximum atomic E-state index is 12.1. The van der Waals surface area contributed by atoms with E-state index in [0.29, 0.717) is 13.1 Å². The fourth-order valence-corrected chi connectivity index (χ4v) is 1.97. The predicted octanol–water partition coefficient (Wildman–Crippen LogP) is 3.65. The van der Waals surface area contributed by atoms with Crippen molar-refractivity contribution in [3.8, 4) is 5.75 Å². The highest BCUT2D eigenvalue weighted by molar-refractivity contribution is 6.21. The molecule has 0 radical (unpaired) electrons. The van der Waals surface area contributed by atoms with Crippen molar-refractivity contribution in [1.29, 1.82) is 0 Å². The molecule has 0 saturated carbocycles. The first-order valence-corrected chi connectivity index (χ1v) is 7.16. The molecule has 8 heteroatoms. The van der Waals surface area contributed by atoms with Gasteiger partial charge in [0.25, 0.3) is 5.69 Å². The highest BCUT2D eigenvalue weighted by Crippen LogP contribution is 2.18. The van der Waals surface area contributed by atoms with Gasteiger partial charge in [-0.1, -0.05) is 0 Å². The molecule has 0 bridgehead atoms. The SMILES string of the molecule is CC(Cl)CN(CC(C)Cl)C(=O)Oc1ccc([N+](=O)[O-])cc1. The molecule has 2 unspecified atom stereocenters. The van der Waals surface area contributed by atoms with Crippen LogP contribution in [0.25, 0.3) is 0 Å². The van der Waals surface area contributed by atoms with E-state index in [4.69, 9.17) is 27.9 Å². The number of ether oxygens (including phenoxy) is 1. The molecular weight excluding hydrogens is 319 g/mol. The highest BCUT2D eigenvalue weighted by atomic mass is 35.5. The Kier molecular flexibility index (Phi) is 6.71. The van der Waals surface area contributed by atoms with Gasteiger partial charge in [0.15, 0.2) is 0 Å². The summed E-state index contributed by atoms with van der Waals surface area (Å²) in [5.74, 6) is 0.222. The van der Waals surface area contributed by atoms with Gasteiger partial charge in [0.05, 0.1) is 4.92 Å². The average molecular weight is 335 g/mol. The molecule has 0 fully saturated rings. The number of carbonyl (C=O) groups excluding carboxylic acids is 1. The number of nitro benzene ring substituents is 1. The second-order valence-electron chi connectivity index (χ2n) is 4.59. The first kappa shape index (κ1) is 17.5. The standard InChI is InChI=1S/C13H16Cl2N2O4/c1-9(14)7-16(8-10(2)15)13(18)21-12-5-3-11(4-6-12)17(19)20/h3-6,9-10H,7-8H2,1-2H3. The summed E-state index contributed by atoms with van der Waals surface area (Å²) in [5.41, 5.74) is -0.0737. The van der Waals surface area contributed by atoms with E-state index in [-0.39, 0.29) is 22.2 Å². The second-order valence-corrected chi connectivity index (χ2v) is 6.08. The number of hydrogen-bond acceptors (Lipinski definition) is 4. The van der Waals surface area contributed by atoms with E-state index in [1.807, 2.05) is 0 Å². The van der Waals surface area contributed by atoms with Crippen molar-refractivity contribution < 1.29 is 14.5 Å². The lowest BCUT2D eigenvalue weighted by Crippen LogP contribution is -2.40. The number of halogens is 2. The number of non-ortho nitro benzene ring substituents is 1. The third-order valence-electron chi connectivity index (χ3n) is 2.45. The van der Waals surface area contributed by atoms with Gasteiger partial charge in [0.1, 0.15) is 5.75 Å². The molecule has 0 saturated heterocycles. The molecule has 0 heterocycles. The minimum absolute atomic E-state index is 0.0737. The molecule has 0 aliphatic carbocycles. The highest BCUT2D eigenvalue weighted by Gasteiger charge is 2.20. The normalized spacial score (nSPS) is 13.3. The van der Waals surface area contributed by atoms with E-state index in [2.05, 4.69) is 0 Å². The van der Waals surface area contributed by atoms with E-state index < -0.39 is 11.0 Å². The van der Waals surface area contributed by atoms with Crippen molar-refractivity contribution in [2.24, 2.45) is 0 Å². The van der Waals surface area contributed by atoms with E-state index in [9.17, 15) is 14.9 Å². The molecule has 6 nitrogen and oxygen atoms in total. The Hall–Kier alpha value is -1.53. The number of nitrogens with zero attached hydrogens (tertiary/aromatic N) is 2. The van der Waals surface area contributed by atoms with E-state index >= 15 is 0 Å². The van der Waals surface area contributed by atoms with Gasteiger partial charge in [-0.15, -0.1) is 23.2 Å².